The van der Waals surface area contributed by atoms with Gasteiger partial charge < -0.3 is 5.32 Å². The highest BCUT2D eigenvalue weighted by Crippen LogP contribution is 2.42. The van der Waals surface area contributed by atoms with Gasteiger partial charge in [-0.25, -0.2) is 0 Å². The van der Waals surface area contributed by atoms with Crippen LogP contribution in [0.15, 0.2) is 18.2 Å². The Labute approximate surface area is 92.9 Å². The molecule has 1 heteroatoms. The van der Waals surface area contributed by atoms with E-state index >= 15 is 0 Å². The van der Waals surface area contributed by atoms with Crippen LogP contribution in [0.5, 0.6) is 0 Å². The molecule has 2 unspecified atom stereocenters. The maximum atomic E-state index is 3.59. The molecule has 0 spiro atoms. The monoisotopic (exact) mass is 203 g/mol. The summed E-state index contributed by atoms with van der Waals surface area (Å²) in [4.78, 5) is 0. The zero-order valence-corrected chi connectivity index (χ0v) is 10.0. The highest BCUT2D eigenvalue weighted by molar-refractivity contribution is 5.40. The van der Waals surface area contributed by atoms with E-state index in [1.54, 1.807) is 11.1 Å². The first kappa shape index (κ1) is 10.7. The predicted octanol–water partition coefficient (Wildman–Crippen LogP) is 3.54. The summed E-state index contributed by atoms with van der Waals surface area (Å²) < 4.78 is 0. The highest BCUT2D eigenvalue weighted by Gasteiger charge is 2.28. The minimum atomic E-state index is 0.592. The number of fused-ring (bicyclic) bond motifs is 1. The van der Waals surface area contributed by atoms with Gasteiger partial charge in [0, 0.05) is 6.04 Å². The molecule has 0 heterocycles. The van der Waals surface area contributed by atoms with Crippen LogP contribution in [0, 0.1) is 6.92 Å². The number of aryl methyl sites for hydroxylation is 1. The molecule has 0 bridgehead atoms. The van der Waals surface area contributed by atoms with Crippen molar-refractivity contribution in [2.24, 2.45) is 0 Å². The third-order valence-electron chi connectivity index (χ3n) is 3.52. The maximum absolute atomic E-state index is 3.59. The van der Waals surface area contributed by atoms with Gasteiger partial charge >= 0.3 is 0 Å². The van der Waals surface area contributed by atoms with Crippen LogP contribution >= 0.6 is 0 Å². The van der Waals surface area contributed by atoms with Gasteiger partial charge in [0.05, 0.1) is 0 Å². The van der Waals surface area contributed by atoms with Crippen LogP contribution in [0.3, 0.4) is 0 Å². The number of nitrogens with one attached hydrogen (secondary N) is 1. The van der Waals surface area contributed by atoms with E-state index in [4.69, 9.17) is 0 Å². The fourth-order valence-corrected chi connectivity index (χ4v) is 2.73. The summed E-state index contributed by atoms with van der Waals surface area (Å²) in [5.74, 6) is 0.768. The molecular formula is C14H21N. The summed E-state index contributed by atoms with van der Waals surface area (Å²) in [6, 6.07) is 7.53. The normalized spacial score (nSPS) is 24.2. The second-order valence-corrected chi connectivity index (χ2v) is 4.58. The third kappa shape index (κ3) is 1.93. The van der Waals surface area contributed by atoms with Crippen molar-refractivity contribution in [2.45, 2.75) is 45.6 Å². The van der Waals surface area contributed by atoms with E-state index in [9.17, 15) is 0 Å². The second-order valence-electron chi connectivity index (χ2n) is 4.58. The number of benzene rings is 1. The van der Waals surface area contributed by atoms with E-state index in [1.165, 1.54) is 18.4 Å². The quantitative estimate of drug-likeness (QED) is 0.792. The van der Waals surface area contributed by atoms with Crippen molar-refractivity contribution in [3.05, 3.63) is 34.9 Å². The van der Waals surface area contributed by atoms with Gasteiger partial charge in [0.1, 0.15) is 0 Å². The Hall–Kier alpha value is -0.820. The first-order chi connectivity index (χ1) is 7.26. The van der Waals surface area contributed by atoms with Crippen LogP contribution in [0.2, 0.25) is 0 Å². The van der Waals surface area contributed by atoms with E-state index in [1.807, 2.05) is 0 Å². The average molecular weight is 203 g/mol. The summed E-state index contributed by atoms with van der Waals surface area (Å²) in [6.07, 6.45) is 2.54. The highest BCUT2D eigenvalue weighted by atomic mass is 14.9. The lowest BCUT2D eigenvalue weighted by atomic mass is 9.98. The van der Waals surface area contributed by atoms with E-state index in [0.29, 0.717) is 6.04 Å². The molecule has 1 nitrogen and oxygen atoms in total. The van der Waals surface area contributed by atoms with Crippen molar-refractivity contribution >= 4 is 0 Å². The standard InChI is InChI=1S/C14H21N/c1-4-11-9-14(15-5-2)13-8-10(3)6-7-12(11)13/h6-8,11,14-15H,4-5,9H2,1-3H3. The molecule has 2 rings (SSSR count). The van der Waals surface area contributed by atoms with Gasteiger partial charge in [0.2, 0.25) is 0 Å². The zero-order valence-electron chi connectivity index (χ0n) is 10.0. The van der Waals surface area contributed by atoms with E-state index in [2.05, 4.69) is 44.3 Å². The van der Waals surface area contributed by atoms with Crippen LogP contribution in [-0.4, -0.2) is 6.54 Å². The lowest BCUT2D eigenvalue weighted by Gasteiger charge is -2.12. The van der Waals surface area contributed by atoms with Gasteiger partial charge in [-0.3, -0.25) is 0 Å². The maximum Gasteiger partial charge on any atom is 0.0328 e. The topological polar surface area (TPSA) is 12.0 Å². The van der Waals surface area contributed by atoms with Gasteiger partial charge in [-0.1, -0.05) is 37.6 Å². The molecule has 0 amide bonds. The van der Waals surface area contributed by atoms with Gasteiger partial charge in [-0.05, 0) is 43.4 Å². The Morgan fingerprint density at radius 1 is 1.27 bits per heavy atom. The molecule has 1 aromatic rings. The molecular weight excluding hydrogens is 182 g/mol. The molecule has 1 N–H and O–H groups in total. The SMILES string of the molecule is CCNC1CC(CC)c2ccc(C)cc21. The molecule has 2 atom stereocenters. The molecule has 82 valence electrons. The minimum Gasteiger partial charge on any atom is -0.310 e. The fourth-order valence-electron chi connectivity index (χ4n) is 2.73. The first-order valence-electron chi connectivity index (χ1n) is 6.10. The van der Waals surface area contributed by atoms with E-state index in [-0.39, 0.29) is 0 Å². The van der Waals surface area contributed by atoms with Gasteiger partial charge in [-0.15, -0.1) is 0 Å². The molecule has 0 saturated carbocycles. The van der Waals surface area contributed by atoms with Crippen LogP contribution in [0.4, 0.5) is 0 Å². The van der Waals surface area contributed by atoms with Gasteiger partial charge in [0.25, 0.3) is 0 Å². The molecule has 0 aromatic heterocycles. The van der Waals surface area contributed by atoms with Crippen molar-refractivity contribution in [3.8, 4) is 0 Å². The minimum absolute atomic E-state index is 0.592. The Kier molecular flexibility index (Phi) is 3.11. The lowest BCUT2D eigenvalue weighted by molar-refractivity contribution is 0.501. The fraction of sp³-hybridized carbons (Fsp3) is 0.571. The lowest BCUT2D eigenvalue weighted by Crippen LogP contribution is -2.18. The molecule has 0 fully saturated rings. The van der Waals surface area contributed by atoms with Gasteiger partial charge in [-0.2, -0.15) is 0 Å². The molecule has 1 aromatic carbocycles. The number of rotatable bonds is 3. The number of hydrogen-bond donors (Lipinski definition) is 1. The Bertz CT molecular complexity index is 343. The third-order valence-corrected chi connectivity index (χ3v) is 3.52. The smallest absolute Gasteiger partial charge is 0.0328 e. The summed E-state index contributed by atoms with van der Waals surface area (Å²) in [6.45, 7) is 7.73. The van der Waals surface area contributed by atoms with Crippen molar-refractivity contribution < 1.29 is 0 Å². The molecule has 0 aliphatic heterocycles. The van der Waals surface area contributed by atoms with Crippen LogP contribution in [0.25, 0.3) is 0 Å². The molecule has 15 heavy (non-hydrogen) atoms. The molecule has 0 radical (unpaired) electrons. The van der Waals surface area contributed by atoms with E-state index in [0.717, 1.165) is 12.5 Å². The van der Waals surface area contributed by atoms with Gasteiger partial charge in [0.15, 0.2) is 0 Å². The van der Waals surface area contributed by atoms with Crippen molar-refractivity contribution in [1.82, 2.24) is 5.32 Å². The zero-order chi connectivity index (χ0) is 10.8. The number of hydrogen-bond acceptors (Lipinski definition) is 1. The Morgan fingerprint density at radius 2 is 2.07 bits per heavy atom. The van der Waals surface area contributed by atoms with Crippen molar-refractivity contribution in [1.29, 1.82) is 0 Å². The molecule has 0 saturated heterocycles. The molecule has 1 aliphatic carbocycles. The Balaban J connectivity index is 2.34. The van der Waals surface area contributed by atoms with Crippen LogP contribution in [-0.2, 0) is 0 Å². The summed E-state index contributed by atoms with van der Waals surface area (Å²) in [7, 11) is 0. The van der Waals surface area contributed by atoms with Crippen molar-refractivity contribution in [3.63, 3.8) is 0 Å². The predicted molar refractivity (Wildman–Crippen MR) is 65.2 cm³/mol. The Morgan fingerprint density at radius 3 is 2.73 bits per heavy atom. The van der Waals surface area contributed by atoms with Crippen molar-refractivity contribution in [2.75, 3.05) is 6.54 Å². The second kappa shape index (κ2) is 4.36. The molecule has 1 aliphatic rings. The average Bonchev–Trinajstić information content (AvgIpc) is 2.57. The summed E-state index contributed by atoms with van der Waals surface area (Å²) >= 11 is 0. The largest absolute Gasteiger partial charge is 0.310 e. The summed E-state index contributed by atoms with van der Waals surface area (Å²) in [5, 5.41) is 3.59. The van der Waals surface area contributed by atoms with Crippen LogP contribution in [0.1, 0.15) is 55.3 Å². The summed E-state index contributed by atoms with van der Waals surface area (Å²) in [5.41, 5.74) is 4.51. The van der Waals surface area contributed by atoms with E-state index < -0.39 is 0 Å². The first-order valence-corrected chi connectivity index (χ1v) is 6.10. The van der Waals surface area contributed by atoms with Crippen LogP contribution < -0.4 is 5.32 Å².